The highest BCUT2D eigenvalue weighted by Crippen LogP contribution is 2.19. The largest absolute Gasteiger partial charge is 0.465 e. The highest BCUT2D eigenvalue weighted by Gasteiger charge is 2.15. The van der Waals surface area contributed by atoms with Crippen molar-refractivity contribution in [3.8, 4) is 0 Å². The van der Waals surface area contributed by atoms with E-state index in [9.17, 15) is 4.79 Å². The minimum atomic E-state index is -0.159. The van der Waals surface area contributed by atoms with Crippen molar-refractivity contribution in [1.82, 2.24) is 15.0 Å². The number of pyridine rings is 1. The first kappa shape index (κ1) is 14.7. The fourth-order valence-corrected chi connectivity index (χ4v) is 3.03. The van der Waals surface area contributed by atoms with E-state index in [0.29, 0.717) is 17.0 Å². The molecule has 1 N–H and O–H groups in total. The summed E-state index contributed by atoms with van der Waals surface area (Å²) in [7, 11) is 0. The van der Waals surface area contributed by atoms with E-state index in [-0.39, 0.29) is 5.56 Å². The number of hydrogen-bond acceptors (Lipinski definition) is 5. The predicted molar refractivity (Wildman–Crippen MR) is 93.9 cm³/mol. The topological polar surface area (TPSA) is 75.0 Å². The van der Waals surface area contributed by atoms with E-state index in [1.807, 2.05) is 24.3 Å². The van der Waals surface area contributed by atoms with Crippen LogP contribution in [0.5, 0.6) is 0 Å². The zero-order valence-electron chi connectivity index (χ0n) is 13.2. The van der Waals surface area contributed by atoms with Crippen LogP contribution >= 0.6 is 0 Å². The second-order valence-corrected chi connectivity index (χ2v) is 5.88. The summed E-state index contributed by atoms with van der Waals surface area (Å²) in [6.45, 7) is 1.85. The zero-order chi connectivity index (χ0) is 16.4. The van der Waals surface area contributed by atoms with Crippen molar-refractivity contribution < 1.29 is 4.42 Å². The molecular formula is C18H18N4O2. The molecule has 0 aliphatic carbocycles. The van der Waals surface area contributed by atoms with Crippen molar-refractivity contribution in [3.63, 3.8) is 0 Å². The molecule has 1 aliphatic rings. The van der Waals surface area contributed by atoms with Gasteiger partial charge in [0.25, 0.3) is 5.56 Å². The second-order valence-electron chi connectivity index (χ2n) is 5.88. The Morgan fingerprint density at radius 2 is 2.04 bits per heavy atom. The molecule has 6 nitrogen and oxygen atoms in total. The standard InChI is InChI=1S/C18H18N4O2/c23-17-15-13(6-7-14-5-4-12-24-14)8-9-19-16(15)20-18(21-17)22-10-2-1-3-11-22/h4-9,12H,1-3,10-11H2,(H,19,20,21,23)/b7-6+. The minimum absolute atomic E-state index is 0.159. The summed E-state index contributed by atoms with van der Waals surface area (Å²) in [6, 6.07) is 5.49. The number of furan rings is 1. The average molecular weight is 322 g/mol. The van der Waals surface area contributed by atoms with Crippen LogP contribution in [0.1, 0.15) is 30.6 Å². The number of anilines is 1. The SMILES string of the molecule is O=c1[nH]c(N2CCCCC2)nc2nccc(/C=C/c3ccco3)c12. The number of nitrogens with one attached hydrogen (secondary N) is 1. The van der Waals surface area contributed by atoms with Gasteiger partial charge in [-0.25, -0.2) is 4.98 Å². The number of hydrogen-bond donors (Lipinski definition) is 1. The summed E-state index contributed by atoms with van der Waals surface area (Å²) in [6.07, 6.45) is 10.4. The molecule has 24 heavy (non-hydrogen) atoms. The Kier molecular flexibility index (Phi) is 3.86. The molecule has 1 aliphatic heterocycles. The molecule has 0 radical (unpaired) electrons. The van der Waals surface area contributed by atoms with Crippen LogP contribution < -0.4 is 10.5 Å². The van der Waals surface area contributed by atoms with Crippen LogP contribution in [0.3, 0.4) is 0 Å². The van der Waals surface area contributed by atoms with Gasteiger partial charge in [-0.05, 0) is 49.1 Å². The first-order chi connectivity index (χ1) is 11.8. The van der Waals surface area contributed by atoms with Crippen molar-refractivity contribution in [2.45, 2.75) is 19.3 Å². The third kappa shape index (κ3) is 2.82. The Hall–Kier alpha value is -2.89. The average Bonchev–Trinajstić information content (AvgIpc) is 3.14. The van der Waals surface area contributed by atoms with Crippen molar-refractivity contribution in [2.75, 3.05) is 18.0 Å². The van der Waals surface area contributed by atoms with Gasteiger partial charge in [-0.15, -0.1) is 0 Å². The fraction of sp³-hybridized carbons (Fsp3) is 0.278. The Balaban J connectivity index is 1.75. The monoisotopic (exact) mass is 322 g/mol. The minimum Gasteiger partial charge on any atom is -0.465 e. The summed E-state index contributed by atoms with van der Waals surface area (Å²) in [5.41, 5.74) is 1.09. The first-order valence-electron chi connectivity index (χ1n) is 8.17. The molecule has 0 spiro atoms. The Labute approximate surface area is 138 Å². The molecule has 4 heterocycles. The maximum atomic E-state index is 12.6. The van der Waals surface area contributed by atoms with Gasteiger partial charge < -0.3 is 9.32 Å². The van der Waals surface area contributed by atoms with Gasteiger partial charge >= 0.3 is 0 Å². The molecular weight excluding hydrogens is 304 g/mol. The number of rotatable bonds is 3. The third-order valence-corrected chi connectivity index (χ3v) is 4.25. The molecule has 122 valence electrons. The van der Waals surface area contributed by atoms with Crippen LogP contribution in [0.25, 0.3) is 23.2 Å². The third-order valence-electron chi connectivity index (χ3n) is 4.25. The molecule has 0 unspecified atom stereocenters. The van der Waals surface area contributed by atoms with Crippen LogP contribution in [-0.4, -0.2) is 28.0 Å². The van der Waals surface area contributed by atoms with Crippen molar-refractivity contribution in [3.05, 3.63) is 52.3 Å². The second kappa shape index (κ2) is 6.31. The lowest BCUT2D eigenvalue weighted by Crippen LogP contribution is -2.32. The number of piperidine rings is 1. The molecule has 0 aromatic carbocycles. The van der Waals surface area contributed by atoms with E-state index in [2.05, 4.69) is 19.9 Å². The molecule has 0 saturated carbocycles. The number of H-pyrrole nitrogens is 1. The van der Waals surface area contributed by atoms with E-state index in [1.54, 1.807) is 18.5 Å². The fourth-order valence-electron chi connectivity index (χ4n) is 3.03. The molecule has 3 aromatic rings. The smallest absolute Gasteiger partial charge is 0.262 e. The number of fused-ring (bicyclic) bond motifs is 1. The lowest BCUT2D eigenvalue weighted by Gasteiger charge is -2.26. The number of nitrogens with zero attached hydrogens (tertiary/aromatic N) is 3. The highest BCUT2D eigenvalue weighted by molar-refractivity contribution is 5.87. The maximum absolute atomic E-state index is 12.6. The summed E-state index contributed by atoms with van der Waals surface area (Å²) >= 11 is 0. The quantitative estimate of drug-likeness (QED) is 0.802. The summed E-state index contributed by atoms with van der Waals surface area (Å²) in [4.78, 5) is 26.5. The van der Waals surface area contributed by atoms with E-state index < -0.39 is 0 Å². The summed E-state index contributed by atoms with van der Waals surface area (Å²) in [5.74, 6) is 1.35. The van der Waals surface area contributed by atoms with Crippen molar-refractivity contribution in [2.24, 2.45) is 0 Å². The van der Waals surface area contributed by atoms with Gasteiger partial charge in [-0.1, -0.05) is 6.08 Å². The number of aromatic amines is 1. The van der Waals surface area contributed by atoms with E-state index in [1.165, 1.54) is 6.42 Å². The van der Waals surface area contributed by atoms with Gasteiger partial charge in [0, 0.05) is 19.3 Å². The molecule has 1 fully saturated rings. The molecule has 0 amide bonds. The molecule has 0 bridgehead atoms. The molecule has 1 saturated heterocycles. The van der Waals surface area contributed by atoms with Crippen LogP contribution in [0, 0.1) is 0 Å². The van der Waals surface area contributed by atoms with Crippen LogP contribution in [0.15, 0.2) is 39.9 Å². The van der Waals surface area contributed by atoms with Crippen LogP contribution in [0.4, 0.5) is 5.95 Å². The van der Waals surface area contributed by atoms with Gasteiger partial charge in [0.1, 0.15) is 5.76 Å². The molecule has 6 heteroatoms. The van der Waals surface area contributed by atoms with Gasteiger partial charge in [0.15, 0.2) is 5.65 Å². The number of aromatic nitrogens is 3. The van der Waals surface area contributed by atoms with Gasteiger partial charge in [0.2, 0.25) is 5.95 Å². The van der Waals surface area contributed by atoms with Crippen LogP contribution in [-0.2, 0) is 0 Å². The summed E-state index contributed by atoms with van der Waals surface area (Å²) in [5, 5.41) is 0.501. The Morgan fingerprint density at radius 3 is 2.83 bits per heavy atom. The lowest BCUT2D eigenvalue weighted by atomic mass is 10.1. The van der Waals surface area contributed by atoms with Crippen molar-refractivity contribution >= 4 is 29.1 Å². The zero-order valence-corrected chi connectivity index (χ0v) is 13.2. The van der Waals surface area contributed by atoms with Gasteiger partial charge in [0.05, 0.1) is 11.6 Å². The normalized spacial score (nSPS) is 15.4. The Morgan fingerprint density at radius 1 is 1.17 bits per heavy atom. The predicted octanol–water partition coefficient (Wildman–Crippen LogP) is 3.07. The van der Waals surface area contributed by atoms with E-state index in [0.717, 1.165) is 37.3 Å². The first-order valence-corrected chi connectivity index (χ1v) is 8.17. The van der Waals surface area contributed by atoms with Crippen LogP contribution in [0.2, 0.25) is 0 Å². The van der Waals surface area contributed by atoms with Gasteiger partial charge in [-0.2, -0.15) is 4.98 Å². The van der Waals surface area contributed by atoms with Gasteiger partial charge in [-0.3, -0.25) is 9.78 Å². The lowest BCUT2D eigenvalue weighted by molar-refractivity contribution is 0.557. The molecule has 0 atom stereocenters. The Bertz CT molecular complexity index is 922. The van der Waals surface area contributed by atoms with Crippen molar-refractivity contribution in [1.29, 1.82) is 0 Å². The highest BCUT2D eigenvalue weighted by atomic mass is 16.3. The summed E-state index contributed by atoms with van der Waals surface area (Å²) < 4.78 is 5.29. The molecule has 3 aromatic heterocycles. The van der Waals surface area contributed by atoms with E-state index >= 15 is 0 Å². The van der Waals surface area contributed by atoms with E-state index in [4.69, 9.17) is 4.42 Å². The molecule has 4 rings (SSSR count). The maximum Gasteiger partial charge on any atom is 0.262 e.